The molecule has 0 saturated carbocycles. The van der Waals surface area contributed by atoms with E-state index in [-0.39, 0.29) is 12.7 Å². The van der Waals surface area contributed by atoms with Gasteiger partial charge in [0.15, 0.2) is 0 Å². The van der Waals surface area contributed by atoms with Crippen molar-refractivity contribution in [3.05, 3.63) is 12.2 Å². The van der Waals surface area contributed by atoms with Crippen LogP contribution in [0.4, 0.5) is 0 Å². The van der Waals surface area contributed by atoms with Gasteiger partial charge in [0.05, 0.1) is 0 Å². The Labute approximate surface area is 73.8 Å². The van der Waals surface area contributed by atoms with Gasteiger partial charge in [0.25, 0.3) is 0 Å². The van der Waals surface area contributed by atoms with Crippen molar-refractivity contribution in [1.29, 1.82) is 0 Å². The molecule has 1 atom stereocenters. The number of rotatable bonds is 5. The van der Waals surface area contributed by atoms with Gasteiger partial charge >= 0.3 is 5.97 Å². The van der Waals surface area contributed by atoms with Crippen LogP contribution in [0.1, 0.15) is 27.2 Å². The van der Waals surface area contributed by atoms with Gasteiger partial charge in [-0.15, -0.1) is 0 Å². The van der Waals surface area contributed by atoms with Gasteiger partial charge < -0.3 is 4.74 Å². The molecule has 1 N–H and O–H groups in total. The highest BCUT2D eigenvalue weighted by molar-refractivity contribution is 5.86. The minimum atomic E-state index is -0.342. The van der Waals surface area contributed by atoms with Gasteiger partial charge in [-0.25, -0.2) is 4.79 Å². The van der Waals surface area contributed by atoms with Gasteiger partial charge in [0, 0.05) is 11.6 Å². The van der Waals surface area contributed by atoms with Crippen LogP contribution >= 0.6 is 0 Å². The fourth-order valence-corrected chi connectivity index (χ4v) is 0.517. The minimum Gasteiger partial charge on any atom is -0.446 e. The standard InChI is InChI=1S/C9H17NO2/c1-5-8(4)10-6-12-9(11)7(2)3/h8,10H,2,5-6H2,1,3-4H3. The zero-order valence-electron chi connectivity index (χ0n) is 8.02. The lowest BCUT2D eigenvalue weighted by molar-refractivity contribution is -0.139. The SMILES string of the molecule is C=C(C)C(=O)OCNC(C)CC. The fourth-order valence-electron chi connectivity index (χ4n) is 0.517. The molecule has 1 unspecified atom stereocenters. The van der Waals surface area contributed by atoms with Crippen LogP contribution < -0.4 is 5.32 Å². The number of ether oxygens (including phenoxy) is 1. The average Bonchev–Trinajstić information content (AvgIpc) is 2.03. The number of carbonyl (C=O) groups excluding carboxylic acids is 1. The van der Waals surface area contributed by atoms with Gasteiger partial charge in [-0.05, 0) is 20.3 Å². The maximum Gasteiger partial charge on any atom is 0.334 e. The molecule has 0 aliphatic rings. The lowest BCUT2D eigenvalue weighted by atomic mass is 10.3. The van der Waals surface area contributed by atoms with Crippen molar-refractivity contribution in [3.63, 3.8) is 0 Å². The Morgan fingerprint density at radius 3 is 2.67 bits per heavy atom. The number of carbonyl (C=O) groups is 1. The molecular formula is C9H17NO2. The predicted molar refractivity (Wildman–Crippen MR) is 48.7 cm³/mol. The Morgan fingerprint density at radius 2 is 2.25 bits per heavy atom. The Balaban J connectivity index is 3.44. The molecule has 0 aromatic heterocycles. The summed E-state index contributed by atoms with van der Waals surface area (Å²) in [6.45, 7) is 9.47. The Bertz CT molecular complexity index is 166. The van der Waals surface area contributed by atoms with E-state index in [0.29, 0.717) is 11.6 Å². The van der Waals surface area contributed by atoms with Gasteiger partial charge in [-0.2, -0.15) is 0 Å². The van der Waals surface area contributed by atoms with Crippen LogP contribution in [0.3, 0.4) is 0 Å². The largest absolute Gasteiger partial charge is 0.446 e. The first-order valence-corrected chi connectivity index (χ1v) is 4.14. The lowest BCUT2D eigenvalue weighted by Gasteiger charge is -2.11. The summed E-state index contributed by atoms with van der Waals surface area (Å²) in [5.74, 6) is -0.342. The monoisotopic (exact) mass is 171 g/mol. The topological polar surface area (TPSA) is 38.3 Å². The van der Waals surface area contributed by atoms with E-state index < -0.39 is 0 Å². The Morgan fingerprint density at radius 1 is 1.67 bits per heavy atom. The zero-order valence-corrected chi connectivity index (χ0v) is 8.02. The molecule has 3 heteroatoms. The van der Waals surface area contributed by atoms with E-state index in [0.717, 1.165) is 6.42 Å². The Kier molecular flexibility index (Phi) is 5.37. The second-order valence-corrected chi connectivity index (χ2v) is 2.87. The second-order valence-electron chi connectivity index (χ2n) is 2.87. The third-order valence-electron chi connectivity index (χ3n) is 1.60. The van der Waals surface area contributed by atoms with Gasteiger partial charge in [-0.3, -0.25) is 5.32 Å². The zero-order chi connectivity index (χ0) is 9.56. The van der Waals surface area contributed by atoms with Crippen molar-refractivity contribution in [2.45, 2.75) is 33.2 Å². The Hall–Kier alpha value is -0.830. The summed E-state index contributed by atoms with van der Waals surface area (Å²) in [6.07, 6.45) is 1.02. The first kappa shape index (κ1) is 11.2. The van der Waals surface area contributed by atoms with Crippen molar-refractivity contribution >= 4 is 5.97 Å². The number of hydrogen-bond acceptors (Lipinski definition) is 3. The van der Waals surface area contributed by atoms with Crippen LogP contribution in [0.25, 0.3) is 0 Å². The second kappa shape index (κ2) is 5.77. The van der Waals surface area contributed by atoms with E-state index in [1.165, 1.54) is 0 Å². The molecule has 0 amide bonds. The smallest absolute Gasteiger partial charge is 0.334 e. The summed E-state index contributed by atoms with van der Waals surface area (Å²) >= 11 is 0. The number of esters is 1. The molecule has 0 fully saturated rings. The molecule has 3 nitrogen and oxygen atoms in total. The predicted octanol–water partition coefficient (Wildman–Crippen LogP) is 1.45. The lowest BCUT2D eigenvalue weighted by Crippen LogP contribution is -2.29. The van der Waals surface area contributed by atoms with Gasteiger partial charge in [0.1, 0.15) is 6.73 Å². The third kappa shape index (κ3) is 4.91. The van der Waals surface area contributed by atoms with Crippen LogP contribution in [0.15, 0.2) is 12.2 Å². The molecule has 0 aliphatic carbocycles. The molecule has 0 aliphatic heterocycles. The molecule has 0 radical (unpaired) electrons. The van der Waals surface area contributed by atoms with Crippen LogP contribution in [-0.4, -0.2) is 18.7 Å². The quantitative estimate of drug-likeness (QED) is 0.386. The molecule has 12 heavy (non-hydrogen) atoms. The first-order chi connectivity index (χ1) is 5.57. The van der Waals surface area contributed by atoms with E-state index in [1.54, 1.807) is 6.92 Å². The summed E-state index contributed by atoms with van der Waals surface area (Å²) in [5, 5.41) is 3.03. The summed E-state index contributed by atoms with van der Waals surface area (Å²) in [5.41, 5.74) is 0.431. The van der Waals surface area contributed by atoms with Crippen molar-refractivity contribution in [1.82, 2.24) is 5.32 Å². The fraction of sp³-hybridized carbons (Fsp3) is 0.667. The molecule has 0 aromatic carbocycles. The van der Waals surface area contributed by atoms with Crippen molar-refractivity contribution < 1.29 is 9.53 Å². The molecule has 0 rings (SSSR count). The maximum absolute atomic E-state index is 10.9. The first-order valence-electron chi connectivity index (χ1n) is 4.14. The van der Waals surface area contributed by atoms with Crippen LogP contribution in [0, 0.1) is 0 Å². The molecule has 0 bridgehead atoms. The molecule has 0 spiro atoms. The normalized spacial score (nSPS) is 12.2. The van der Waals surface area contributed by atoms with Crippen LogP contribution in [0.2, 0.25) is 0 Å². The van der Waals surface area contributed by atoms with E-state index in [1.807, 2.05) is 6.92 Å². The molecule has 0 saturated heterocycles. The number of nitrogens with one attached hydrogen (secondary N) is 1. The van der Waals surface area contributed by atoms with Crippen molar-refractivity contribution in [2.24, 2.45) is 0 Å². The van der Waals surface area contributed by atoms with Crippen molar-refractivity contribution in [2.75, 3.05) is 6.73 Å². The minimum absolute atomic E-state index is 0.265. The average molecular weight is 171 g/mol. The molecule has 70 valence electrons. The number of hydrogen-bond donors (Lipinski definition) is 1. The van der Waals surface area contributed by atoms with E-state index >= 15 is 0 Å². The highest BCUT2D eigenvalue weighted by Crippen LogP contribution is 1.92. The van der Waals surface area contributed by atoms with Gasteiger partial charge in [-0.1, -0.05) is 13.5 Å². The summed E-state index contributed by atoms with van der Waals surface area (Å²) in [6, 6.07) is 0.378. The van der Waals surface area contributed by atoms with E-state index in [2.05, 4.69) is 18.8 Å². The van der Waals surface area contributed by atoms with Gasteiger partial charge in [0.2, 0.25) is 0 Å². The van der Waals surface area contributed by atoms with E-state index in [9.17, 15) is 4.79 Å². The van der Waals surface area contributed by atoms with Crippen LogP contribution in [-0.2, 0) is 9.53 Å². The third-order valence-corrected chi connectivity index (χ3v) is 1.60. The molecular weight excluding hydrogens is 154 g/mol. The maximum atomic E-state index is 10.9. The van der Waals surface area contributed by atoms with Crippen molar-refractivity contribution in [3.8, 4) is 0 Å². The van der Waals surface area contributed by atoms with Crippen LogP contribution in [0.5, 0.6) is 0 Å². The molecule has 0 aromatic rings. The van der Waals surface area contributed by atoms with E-state index in [4.69, 9.17) is 4.74 Å². The molecule has 0 heterocycles. The summed E-state index contributed by atoms with van der Waals surface area (Å²) in [4.78, 5) is 10.9. The highest BCUT2D eigenvalue weighted by Gasteiger charge is 2.02. The summed E-state index contributed by atoms with van der Waals surface area (Å²) in [7, 11) is 0. The highest BCUT2D eigenvalue weighted by atomic mass is 16.5. The summed E-state index contributed by atoms with van der Waals surface area (Å²) < 4.78 is 4.83.